The van der Waals surface area contributed by atoms with E-state index in [2.05, 4.69) is 20.8 Å². The Labute approximate surface area is 109 Å². The minimum atomic E-state index is -0.677. The van der Waals surface area contributed by atoms with Crippen molar-refractivity contribution < 1.29 is 15.3 Å². The molecule has 3 aliphatic rings. The van der Waals surface area contributed by atoms with Crippen molar-refractivity contribution in [3.8, 4) is 0 Å². The molecule has 0 amide bonds. The summed E-state index contributed by atoms with van der Waals surface area (Å²) in [5, 5.41) is 31.5. The predicted molar refractivity (Wildman–Crippen MR) is 68.9 cm³/mol. The van der Waals surface area contributed by atoms with E-state index in [-0.39, 0.29) is 41.3 Å². The fourth-order valence-corrected chi connectivity index (χ4v) is 5.82. The fourth-order valence-electron chi connectivity index (χ4n) is 5.82. The lowest BCUT2D eigenvalue weighted by Crippen LogP contribution is -2.57. The SMILES string of the molecule is C[C@@H]1[C@@H](O)C[C@H]2[C@](C)(CO)C[C@]3(C)CC[C@@H]1[C@@]23O. The molecule has 0 aromatic heterocycles. The molecule has 0 aliphatic heterocycles. The monoisotopic (exact) mass is 254 g/mol. The molecule has 0 aromatic carbocycles. The quantitative estimate of drug-likeness (QED) is 0.665. The Hall–Kier alpha value is -0.120. The van der Waals surface area contributed by atoms with Gasteiger partial charge in [-0.05, 0) is 54.3 Å². The average Bonchev–Trinajstić information content (AvgIpc) is 2.66. The minimum Gasteiger partial charge on any atom is -0.396 e. The maximum Gasteiger partial charge on any atom is 0.0767 e. The molecule has 3 aliphatic carbocycles. The standard InChI is InChI=1S/C15H26O3/c1-9-10-4-5-14(3)7-13(2,8-16)12(6-11(9)17)15(10,14)18/h9-12,16-18H,4-8H2,1-3H3/t9-,10-,11-,12-,13-,14-,15+/m0/s1. The first-order valence-electron chi connectivity index (χ1n) is 7.30. The molecule has 7 atom stereocenters. The summed E-state index contributed by atoms with van der Waals surface area (Å²) < 4.78 is 0. The van der Waals surface area contributed by atoms with Crippen LogP contribution in [0.15, 0.2) is 0 Å². The zero-order chi connectivity index (χ0) is 13.3. The van der Waals surface area contributed by atoms with E-state index in [1.54, 1.807) is 0 Å². The number of hydrogen-bond donors (Lipinski definition) is 3. The zero-order valence-electron chi connectivity index (χ0n) is 11.7. The number of rotatable bonds is 1. The Morgan fingerprint density at radius 1 is 1.28 bits per heavy atom. The van der Waals surface area contributed by atoms with Crippen LogP contribution in [-0.4, -0.2) is 33.6 Å². The molecule has 3 N–H and O–H groups in total. The van der Waals surface area contributed by atoms with Gasteiger partial charge in [0, 0.05) is 6.61 Å². The van der Waals surface area contributed by atoms with Crippen LogP contribution in [0.5, 0.6) is 0 Å². The van der Waals surface area contributed by atoms with Gasteiger partial charge in [-0.2, -0.15) is 0 Å². The van der Waals surface area contributed by atoms with Crippen LogP contribution in [0.4, 0.5) is 0 Å². The van der Waals surface area contributed by atoms with Crippen LogP contribution < -0.4 is 0 Å². The minimum absolute atomic E-state index is 0.0405. The fraction of sp³-hybridized carbons (Fsp3) is 1.00. The van der Waals surface area contributed by atoms with Gasteiger partial charge < -0.3 is 15.3 Å². The lowest BCUT2D eigenvalue weighted by Gasteiger charge is -2.51. The summed E-state index contributed by atoms with van der Waals surface area (Å²) in [5.74, 6) is 0.414. The van der Waals surface area contributed by atoms with Gasteiger partial charge in [-0.15, -0.1) is 0 Å². The second-order valence-corrected chi connectivity index (χ2v) is 7.73. The Morgan fingerprint density at radius 2 is 1.94 bits per heavy atom. The number of hydrogen-bond acceptors (Lipinski definition) is 3. The molecule has 18 heavy (non-hydrogen) atoms. The molecular formula is C15H26O3. The van der Waals surface area contributed by atoms with E-state index in [1.807, 2.05) is 0 Å². The maximum atomic E-state index is 11.4. The molecule has 0 radical (unpaired) electrons. The van der Waals surface area contributed by atoms with Gasteiger partial charge in [0.1, 0.15) is 0 Å². The summed E-state index contributed by atoms with van der Waals surface area (Å²) >= 11 is 0. The van der Waals surface area contributed by atoms with Gasteiger partial charge in [-0.1, -0.05) is 20.8 Å². The molecule has 104 valence electrons. The molecule has 3 nitrogen and oxygen atoms in total. The van der Waals surface area contributed by atoms with Crippen LogP contribution in [0.1, 0.15) is 46.5 Å². The first-order valence-corrected chi connectivity index (χ1v) is 7.30. The summed E-state index contributed by atoms with van der Waals surface area (Å²) in [7, 11) is 0. The highest BCUT2D eigenvalue weighted by Crippen LogP contribution is 2.71. The third-order valence-electron chi connectivity index (χ3n) is 6.79. The third-order valence-corrected chi connectivity index (χ3v) is 6.79. The van der Waals surface area contributed by atoms with E-state index >= 15 is 0 Å². The third kappa shape index (κ3) is 1.21. The van der Waals surface area contributed by atoms with Crippen molar-refractivity contribution in [3.63, 3.8) is 0 Å². The van der Waals surface area contributed by atoms with Crippen LogP contribution in [-0.2, 0) is 0 Å². The first-order chi connectivity index (χ1) is 8.28. The van der Waals surface area contributed by atoms with Crippen molar-refractivity contribution in [2.45, 2.75) is 58.2 Å². The highest BCUT2D eigenvalue weighted by molar-refractivity contribution is 5.22. The van der Waals surface area contributed by atoms with Crippen LogP contribution in [0.3, 0.4) is 0 Å². The summed E-state index contributed by atoms with van der Waals surface area (Å²) in [6.07, 6.45) is 3.24. The van der Waals surface area contributed by atoms with Gasteiger partial charge in [0.05, 0.1) is 11.7 Å². The molecule has 0 spiro atoms. The van der Waals surface area contributed by atoms with Gasteiger partial charge in [0.25, 0.3) is 0 Å². The van der Waals surface area contributed by atoms with Gasteiger partial charge in [0.15, 0.2) is 0 Å². The van der Waals surface area contributed by atoms with Gasteiger partial charge in [0.2, 0.25) is 0 Å². The molecule has 3 heteroatoms. The Balaban J connectivity index is 2.10. The van der Waals surface area contributed by atoms with Crippen molar-refractivity contribution in [1.29, 1.82) is 0 Å². The second kappa shape index (κ2) is 3.50. The number of aliphatic hydroxyl groups is 3. The lowest BCUT2D eigenvalue weighted by atomic mass is 9.59. The van der Waals surface area contributed by atoms with E-state index in [1.165, 1.54) is 0 Å². The maximum absolute atomic E-state index is 11.4. The lowest BCUT2D eigenvalue weighted by molar-refractivity contribution is -0.171. The average molecular weight is 254 g/mol. The first kappa shape index (κ1) is 12.9. The molecule has 0 saturated heterocycles. The smallest absolute Gasteiger partial charge is 0.0767 e. The summed E-state index contributed by atoms with van der Waals surface area (Å²) in [5.41, 5.74) is -0.985. The van der Waals surface area contributed by atoms with Crippen molar-refractivity contribution >= 4 is 0 Å². The van der Waals surface area contributed by atoms with E-state index in [0.29, 0.717) is 6.42 Å². The second-order valence-electron chi connectivity index (χ2n) is 7.73. The van der Waals surface area contributed by atoms with Crippen molar-refractivity contribution in [3.05, 3.63) is 0 Å². The van der Waals surface area contributed by atoms with Crippen LogP contribution in [0.25, 0.3) is 0 Å². The molecule has 0 unspecified atom stereocenters. The molecule has 0 heterocycles. The van der Waals surface area contributed by atoms with Crippen LogP contribution in [0.2, 0.25) is 0 Å². The van der Waals surface area contributed by atoms with Gasteiger partial charge in [-0.3, -0.25) is 0 Å². The molecule has 3 rings (SSSR count). The summed E-state index contributed by atoms with van der Waals surface area (Å²) in [6, 6.07) is 0. The summed E-state index contributed by atoms with van der Waals surface area (Å²) in [6.45, 7) is 6.46. The normalized spacial score (nSPS) is 63.0. The molecule has 0 bridgehead atoms. The highest BCUT2D eigenvalue weighted by atomic mass is 16.3. The van der Waals surface area contributed by atoms with Gasteiger partial charge >= 0.3 is 0 Å². The van der Waals surface area contributed by atoms with Crippen molar-refractivity contribution in [2.75, 3.05) is 6.61 Å². The Morgan fingerprint density at radius 3 is 2.56 bits per heavy atom. The molecule has 3 fully saturated rings. The van der Waals surface area contributed by atoms with Crippen LogP contribution >= 0.6 is 0 Å². The highest BCUT2D eigenvalue weighted by Gasteiger charge is 2.73. The van der Waals surface area contributed by atoms with E-state index < -0.39 is 5.60 Å². The molecule has 0 aromatic rings. The number of aliphatic hydroxyl groups excluding tert-OH is 2. The van der Waals surface area contributed by atoms with Crippen molar-refractivity contribution in [1.82, 2.24) is 0 Å². The molecule has 3 saturated carbocycles. The Kier molecular flexibility index (Phi) is 2.51. The zero-order valence-corrected chi connectivity index (χ0v) is 11.7. The topological polar surface area (TPSA) is 60.7 Å². The Bertz CT molecular complexity index is 371. The van der Waals surface area contributed by atoms with E-state index in [0.717, 1.165) is 19.3 Å². The van der Waals surface area contributed by atoms with E-state index in [9.17, 15) is 15.3 Å². The molecular weight excluding hydrogens is 228 g/mol. The van der Waals surface area contributed by atoms with Crippen molar-refractivity contribution in [2.24, 2.45) is 28.6 Å². The predicted octanol–water partition coefficient (Wildman–Crippen LogP) is 1.55. The van der Waals surface area contributed by atoms with E-state index in [4.69, 9.17) is 0 Å². The van der Waals surface area contributed by atoms with Gasteiger partial charge in [-0.25, -0.2) is 0 Å². The van der Waals surface area contributed by atoms with Crippen LogP contribution in [0, 0.1) is 28.6 Å². The summed E-state index contributed by atoms with van der Waals surface area (Å²) in [4.78, 5) is 0. The largest absolute Gasteiger partial charge is 0.396 e.